The molecule has 0 aromatic heterocycles. The SMILES string of the molecule is CCCCC(CCC)CNC(=O)N1CCCC(N(C)CC(=O)O)CC1. The van der Waals surface area contributed by atoms with Crippen molar-refractivity contribution in [2.75, 3.05) is 33.2 Å². The number of amides is 2. The largest absolute Gasteiger partial charge is 0.480 e. The minimum Gasteiger partial charge on any atom is -0.480 e. The van der Waals surface area contributed by atoms with Crippen LogP contribution < -0.4 is 5.32 Å². The molecule has 6 nitrogen and oxygen atoms in total. The van der Waals surface area contributed by atoms with E-state index in [-0.39, 0.29) is 18.6 Å². The van der Waals surface area contributed by atoms with Crippen LogP contribution in [0, 0.1) is 5.92 Å². The fraction of sp³-hybridized carbons (Fsp3) is 0.895. The van der Waals surface area contributed by atoms with Gasteiger partial charge in [-0.25, -0.2) is 4.79 Å². The molecule has 6 heteroatoms. The molecule has 1 aliphatic rings. The molecule has 1 heterocycles. The van der Waals surface area contributed by atoms with E-state index in [2.05, 4.69) is 19.2 Å². The zero-order valence-electron chi connectivity index (χ0n) is 16.3. The van der Waals surface area contributed by atoms with Gasteiger partial charge in [0.1, 0.15) is 0 Å². The number of nitrogens with zero attached hydrogens (tertiary/aromatic N) is 2. The Labute approximate surface area is 152 Å². The van der Waals surface area contributed by atoms with E-state index in [1.165, 1.54) is 25.7 Å². The number of hydrogen-bond acceptors (Lipinski definition) is 3. The van der Waals surface area contributed by atoms with Gasteiger partial charge in [0.2, 0.25) is 0 Å². The molecule has 0 aliphatic carbocycles. The Morgan fingerprint density at radius 3 is 2.60 bits per heavy atom. The van der Waals surface area contributed by atoms with E-state index in [0.29, 0.717) is 12.5 Å². The number of urea groups is 1. The molecule has 1 aliphatic heterocycles. The summed E-state index contributed by atoms with van der Waals surface area (Å²) in [6.45, 7) is 6.70. The summed E-state index contributed by atoms with van der Waals surface area (Å²) in [5.41, 5.74) is 0. The summed E-state index contributed by atoms with van der Waals surface area (Å²) >= 11 is 0. The number of unbranched alkanes of at least 4 members (excludes halogenated alkanes) is 1. The van der Waals surface area contributed by atoms with Gasteiger partial charge >= 0.3 is 12.0 Å². The van der Waals surface area contributed by atoms with E-state index in [4.69, 9.17) is 5.11 Å². The Morgan fingerprint density at radius 2 is 1.96 bits per heavy atom. The smallest absolute Gasteiger partial charge is 0.317 e. The first-order valence-electron chi connectivity index (χ1n) is 9.92. The maximum absolute atomic E-state index is 12.5. The van der Waals surface area contributed by atoms with Crippen LogP contribution in [0.5, 0.6) is 0 Å². The van der Waals surface area contributed by atoms with Crippen LogP contribution in [0.25, 0.3) is 0 Å². The van der Waals surface area contributed by atoms with Crippen molar-refractivity contribution in [2.24, 2.45) is 5.92 Å². The summed E-state index contributed by atoms with van der Waals surface area (Å²) in [5, 5.41) is 12.1. The lowest BCUT2D eigenvalue weighted by Gasteiger charge is -2.26. The van der Waals surface area contributed by atoms with Crippen LogP contribution in [0.1, 0.15) is 65.2 Å². The second kappa shape index (κ2) is 12.1. The van der Waals surface area contributed by atoms with Crippen LogP contribution in [0.3, 0.4) is 0 Å². The molecule has 2 amide bonds. The van der Waals surface area contributed by atoms with Crippen LogP contribution in [-0.4, -0.2) is 66.2 Å². The third-order valence-corrected chi connectivity index (χ3v) is 5.20. The van der Waals surface area contributed by atoms with Crippen molar-refractivity contribution in [1.82, 2.24) is 15.1 Å². The average Bonchev–Trinajstić information content (AvgIpc) is 2.82. The molecule has 0 bridgehead atoms. The minimum atomic E-state index is -0.796. The third-order valence-electron chi connectivity index (χ3n) is 5.20. The van der Waals surface area contributed by atoms with E-state index in [1.807, 2.05) is 16.8 Å². The Hall–Kier alpha value is -1.30. The molecular weight excluding hydrogens is 318 g/mol. The van der Waals surface area contributed by atoms with Crippen LogP contribution in [0.15, 0.2) is 0 Å². The van der Waals surface area contributed by atoms with Crippen molar-refractivity contribution >= 4 is 12.0 Å². The highest BCUT2D eigenvalue weighted by Gasteiger charge is 2.24. The summed E-state index contributed by atoms with van der Waals surface area (Å²) in [6, 6.07) is 0.283. The highest BCUT2D eigenvalue weighted by atomic mass is 16.4. The van der Waals surface area contributed by atoms with Crippen LogP contribution >= 0.6 is 0 Å². The van der Waals surface area contributed by atoms with Crippen LogP contribution in [0.4, 0.5) is 4.79 Å². The van der Waals surface area contributed by atoms with E-state index in [9.17, 15) is 9.59 Å². The van der Waals surface area contributed by atoms with Crippen molar-refractivity contribution in [3.63, 3.8) is 0 Å². The monoisotopic (exact) mass is 355 g/mol. The molecule has 0 spiro atoms. The number of hydrogen-bond donors (Lipinski definition) is 2. The predicted octanol–water partition coefficient (Wildman–Crippen LogP) is 3.17. The number of likely N-dealkylation sites (N-methyl/N-ethyl adjacent to an activating group) is 1. The van der Waals surface area contributed by atoms with Gasteiger partial charge in [-0.2, -0.15) is 0 Å². The fourth-order valence-corrected chi connectivity index (χ4v) is 3.66. The van der Waals surface area contributed by atoms with Crippen molar-refractivity contribution in [1.29, 1.82) is 0 Å². The Morgan fingerprint density at radius 1 is 1.20 bits per heavy atom. The molecule has 1 fully saturated rings. The fourth-order valence-electron chi connectivity index (χ4n) is 3.66. The van der Waals surface area contributed by atoms with Gasteiger partial charge in [0.25, 0.3) is 0 Å². The molecule has 0 saturated carbocycles. The van der Waals surface area contributed by atoms with Gasteiger partial charge < -0.3 is 15.3 Å². The first-order valence-corrected chi connectivity index (χ1v) is 9.92. The molecule has 0 aromatic carbocycles. The van der Waals surface area contributed by atoms with Gasteiger partial charge in [-0.3, -0.25) is 9.69 Å². The van der Waals surface area contributed by atoms with Gasteiger partial charge in [0, 0.05) is 25.7 Å². The van der Waals surface area contributed by atoms with Crippen molar-refractivity contribution in [3.05, 3.63) is 0 Å². The number of carbonyl (C=O) groups excluding carboxylic acids is 1. The summed E-state index contributed by atoms with van der Waals surface area (Å²) in [6.07, 6.45) is 8.65. The molecule has 1 saturated heterocycles. The lowest BCUT2D eigenvalue weighted by Crippen LogP contribution is -2.43. The number of carbonyl (C=O) groups is 2. The summed E-state index contributed by atoms with van der Waals surface area (Å²) in [5.74, 6) is -0.217. The van der Waals surface area contributed by atoms with E-state index in [1.54, 1.807) is 0 Å². The highest BCUT2D eigenvalue weighted by Crippen LogP contribution is 2.17. The second-order valence-corrected chi connectivity index (χ2v) is 7.36. The maximum Gasteiger partial charge on any atom is 0.317 e. The first kappa shape index (κ1) is 21.7. The molecule has 0 radical (unpaired) electrons. The Balaban J connectivity index is 2.41. The minimum absolute atomic E-state index is 0.0409. The summed E-state index contributed by atoms with van der Waals surface area (Å²) in [7, 11) is 1.86. The normalized spacial score (nSPS) is 19.5. The Kier molecular flexibility index (Phi) is 10.5. The molecule has 2 unspecified atom stereocenters. The number of carboxylic acids is 1. The molecular formula is C19H37N3O3. The zero-order valence-corrected chi connectivity index (χ0v) is 16.3. The quantitative estimate of drug-likeness (QED) is 0.631. The van der Waals surface area contributed by atoms with Gasteiger partial charge in [-0.15, -0.1) is 0 Å². The predicted molar refractivity (Wildman–Crippen MR) is 101 cm³/mol. The van der Waals surface area contributed by atoms with E-state index < -0.39 is 5.97 Å². The van der Waals surface area contributed by atoms with Crippen molar-refractivity contribution in [2.45, 2.75) is 71.3 Å². The highest BCUT2D eigenvalue weighted by molar-refractivity contribution is 5.74. The molecule has 1 rings (SSSR count). The van der Waals surface area contributed by atoms with Gasteiger partial charge in [0.15, 0.2) is 0 Å². The summed E-state index contributed by atoms with van der Waals surface area (Å²) in [4.78, 5) is 27.2. The van der Waals surface area contributed by atoms with Crippen molar-refractivity contribution < 1.29 is 14.7 Å². The van der Waals surface area contributed by atoms with Gasteiger partial charge in [-0.05, 0) is 45.1 Å². The topological polar surface area (TPSA) is 72.9 Å². The lowest BCUT2D eigenvalue weighted by atomic mass is 9.97. The molecule has 25 heavy (non-hydrogen) atoms. The van der Waals surface area contributed by atoms with E-state index >= 15 is 0 Å². The standard InChI is InChI=1S/C19H37N3O3/c1-4-6-9-16(8-5-2)14-20-19(25)22-12-7-10-17(11-13-22)21(3)15-18(23)24/h16-17H,4-15H2,1-3H3,(H,20,25)(H,23,24). The lowest BCUT2D eigenvalue weighted by molar-refractivity contribution is -0.138. The number of rotatable bonds is 10. The van der Waals surface area contributed by atoms with Crippen LogP contribution in [-0.2, 0) is 4.79 Å². The number of carboxylic acid groups (broad SMARTS) is 1. The number of nitrogens with one attached hydrogen (secondary N) is 1. The third kappa shape index (κ3) is 8.56. The first-order chi connectivity index (χ1) is 12.0. The average molecular weight is 356 g/mol. The van der Waals surface area contributed by atoms with Crippen molar-refractivity contribution in [3.8, 4) is 0 Å². The zero-order chi connectivity index (χ0) is 18.7. The molecule has 0 aromatic rings. The maximum atomic E-state index is 12.5. The van der Waals surface area contributed by atoms with E-state index in [0.717, 1.165) is 38.8 Å². The van der Waals surface area contributed by atoms with Crippen LogP contribution in [0.2, 0.25) is 0 Å². The second-order valence-electron chi connectivity index (χ2n) is 7.36. The van der Waals surface area contributed by atoms with Gasteiger partial charge in [0.05, 0.1) is 6.54 Å². The number of likely N-dealkylation sites (tertiary alicyclic amines) is 1. The Bertz CT molecular complexity index is 403. The molecule has 2 N–H and O–H groups in total. The molecule has 146 valence electrons. The summed E-state index contributed by atoms with van der Waals surface area (Å²) < 4.78 is 0. The van der Waals surface area contributed by atoms with Gasteiger partial charge in [-0.1, -0.05) is 33.1 Å². The molecule has 2 atom stereocenters. The number of aliphatic carboxylic acids is 1.